The van der Waals surface area contributed by atoms with Gasteiger partial charge < -0.3 is 0 Å². The second kappa shape index (κ2) is 14.3. The molecule has 1 aliphatic carbocycles. The van der Waals surface area contributed by atoms with Gasteiger partial charge >= 0.3 is 6.18 Å². The second-order valence-electron chi connectivity index (χ2n) is 12.3. The van der Waals surface area contributed by atoms with Crippen molar-refractivity contribution in [2.75, 3.05) is 0 Å². The Kier molecular flexibility index (Phi) is 10.4. The maximum atomic E-state index is 15.3. The summed E-state index contributed by atoms with van der Waals surface area (Å²) in [4.78, 5) is 0. The maximum Gasteiger partial charge on any atom is 0.458 e. The number of hydrogen-bond donors (Lipinski definition) is 0. The van der Waals surface area contributed by atoms with Crippen LogP contribution in [0.15, 0.2) is 54.6 Å². The third-order valence-electron chi connectivity index (χ3n) is 9.06. The zero-order valence-electron chi connectivity index (χ0n) is 25.4. The zero-order chi connectivity index (χ0) is 33.0. The first kappa shape index (κ1) is 33.5. The standard InChI is InChI=1S/C38H34F8/c1-2-3-4-5-23-6-8-24(9-7-23)10-11-25-12-14-29(32(39)18-25)28-21-34(41)36(35(42)22-28)26-13-15-30-27(19-26)20-33(40)31(37(30)43)16-17-38(44,45)46/h12-15,18-24H,2-11H2,1H3. The molecule has 4 aromatic carbocycles. The molecule has 0 nitrogen and oxygen atoms in total. The molecular weight excluding hydrogens is 608 g/mol. The molecule has 0 radical (unpaired) electrons. The maximum absolute atomic E-state index is 15.3. The first-order valence-corrected chi connectivity index (χ1v) is 15.7. The predicted molar refractivity (Wildman–Crippen MR) is 165 cm³/mol. The number of benzene rings is 4. The van der Waals surface area contributed by atoms with Crippen LogP contribution in [0.3, 0.4) is 0 Å². The first-order chi connectivity index (χ1) is 21.9. The Hall–Kier alpha value is -3.86. The Morgan fingerprint density at radius 3 is 2.00 bits per heavy atom. The lowest BCUT2D eigenvalue weighted by Crippen LogP contribution is -2.15. The van der Waals surface area contributed by atoms with Crippen LogP contribution in [-0.4, -0.2) is 6.18 Å². The van der Waals surface area contributed by atoms with Crippen LogP contribution in [0.1, 0.15) is 75.8 Å². The fourth-order valence-corrected chi connectivity index (χ4v) is 6.55. The summed E-state index contributed by atoms with van der Waals surface area (Å²) in [6, 6.07) is 10.8. The minimum absolute atomic E-state index is 0.00467. The minimum Gasteiger partial charge on any atom is -0.206 e. The molecule has 0 N–H and O–H groups in total. The van der Waals surface area contributed by atoms with E-state index in [9.17, 15) is 22.0 Å². The van der Waals surface area contributed by atoms with E-state index in [1.165, 1.54) is 75.5 Å². The van der Waals surface area contributed by atoms with Crippen molar-refractivity contribution in [3.05, 3.63) is 94.8 Å². The summed E-state index contributed by atoms with van der Waals surface area (Å²) in [5, 5.41) is -0.402. The van der Waals surface area contributed by atoms with E-state index in [4.69, 9.17) is 0 Å². The number of halogens is 8. The van der Waals surface area contributed by atoms with Crippen LogP contribution in [-0.2, 0) is 6.42 Å². The van der Waals surface area contributed by atoms with E-state index in [0.717, 1.165) is 60.6 Å². The van der Waals surface area contributed by atoms with E-state index in [2.05, 4.69) is 6.92 Å². The topological polar surface area (TPSA) is 0 Å². The lowest BCUT2D eigenvalue weighted by Gasteiger charge is -2.28. The van der Waals surface area contributed by atoms with Gasteiger partial charge in [-0.3, -0.25) is 0 Å². The normalized spacial score (nSPS) is 16.8. The molecule has 4 aromatic rings. The van der Waals surface area contributed by atoms with Gasteiger partial charge in [-0.1, -0.05) is 88.5 Å². The Labute approximate surface area is 263 Å². The van der Waals surface area contributed by atoms with Gasteiger partial charge in [-0.25, -0.2) is 22.0 Å². The molecule has 0 heterocycles. The quantitative estimate of drug-likeness (QED) is 0.0968. The lowest BCUT2D eigenvalue weighted by atomic mass is 9.78. The summed E-state index contributed by atoms with van der Waals surface area (Å²) in [5.41, 5.74) is -0.761. The van der Waals surface area contributed by atoms with Crippen molar-refractivity contribution in [2.45, 2.75) is 77.3 Å². The molecular formula is C38H34F8. The van der Waals surface area contributed by atoms with Gasteiger partial charge in [0.2, 0.25) is 0 Å². The molecule has 46 heavy (non-hydrogen) atoms. The number of rotatable bonds is 9. The first-order valence-electron chi connectivity index (χ1n) is 15.7. The molecule has 5 rings (SSSR count). The van der Waals surface area contributed by atoms with E-state index < -0.39 is 46.4 Å². The van der Waals surface area contributed by atoms with E-state index in [1.807, 2.05) is 0 Å². The number of unbranched alkanes of at least 4 members (excludes halogenated alkanes) is 2. The van der Waals surface area contributed by atoms with E-state index >= 15 is 13.2 Å². The third kappa shape index (κ3) is 7.92. The Bertz CT molecular complexity index is 1740. The Balaban J connectivity index is 1.30. The van der Waals surface area contributed by atoms with Gasteiger partial charge in [0.05, 0.1) is 11.1 Å². The molecule has 1 aliphatic rings. The number of fused-ring (bicyclic) bond motifs is 1. The van der Waals surface area contributed by atoms with Gasteiger partial charge in [-0.15, -0.1) is 0 Å². The molecule has 242 valence electrons. The van der Waals surface area contributed by atoms with Gasteiger partial charge in [0, 0.05) is 16.9 Å². The van der Waals surface area contributed by atoms with Crippen molar-refractivity contribution < 1.29 is 35.1 Å². The van der Waals surface area contributed by atoms with Crippen LogP contribution < -0.4 is 0 Å². The van der Waals surface area contributed by atoms with Crippen LogP contribution >= 0.6 is 0 Å². The average molecular weight is 643 g/mol. The summed E-state index contributed by atoms with van der Waals surface area (Å²) in [6.07, 6.45) is 6.79. The van der Waals surface area contributed by atoms with E-state index in [-0.39, 0.29) is 27.5 Å². The van der Waals surface area contributed by atoms with Gasteiger partial charge in [0.1, 0.15) is 29.1 Å². The smallest absolute Gasteiger partial charge is 0.206 e. The highest BCUT2D eigenvalue weighted by molar-refractivity contribution is 5.89. The average Bonchev–Trinajstić information content (AvgIpc) is 2.99. The highest BCUT2D eigenvalue weighted by Gasteiger charge is 2.25. The number of alkyl halides is 3. The molecule has 0 unspecified atom stereocenters. The number of hydrogen-bond acceptors (Lipinski definition) is 0. The zero-order valence-corrected chi connectivity index (χ0v) is 25.4. The van der Waals surface area contributed by atoms with E-state index in [1.54, 1.807) is 6.07 Å². The SMILES string of the molecule is CCCCCC1CCC(CCc2ccc(-c3cc(F)c(-c4ccc5c(F)c(C#CC(F)(F)F)c(F)cc5c4)c(F)c3)c(F)c2)CC1. The molecule has 1 fully saturated rings. The largest absolute Gasteiger partial charge is 0.458 e. The predicted octanol–water partition coefficient (Wildman–Crippen LogP) is 12.1. The highest BCUT2D eigenvalue weighted by atomic mass is 19.4. The van der Waals surface area contributed by atoms with Gasteiger partial charge in [0.25, 0.3) is 0 Å². The molecule has 0 saturated heterocycles. The molecule has 0 amide bonds. The molecule has 0 spiro atoms. The fourth-order valence-electron chi connectivity index (χ4n) is 6.55. The van der Waals surface area contributed by atoms with E-state index in [0.29, 0.717) is 5.92 Å². The summed E-state index contributed by atoms with van der Waals surface area (Å²) < 4.78 is 112. The lowest BCUT2D eigenvalue weighted by molar-refractivity contribution is -0.0696. The Morgan fingerprint density at radius 1 is 0.696 bits per heavy atom. The summed E-state index contributed by atoms with van der Waals surface area (Å²) in [6.45, 7) is 2.22. The van der Waals surface area contributed by atoms with Crippen LogP contribution in [0.4, 0.5) is 35.1 Å². The Morgan fingerprint density at radius 2 is 1.37 bits per heavy atom. The van der Waals surface area contributed by atoms with Gasteiger partial charge in [-0.05, 0) is 77.1 Å². The molecule has 8 heteroatoms. The van der Waals surface area contributed by atoms with Crippen LogP contribution in [0.5, 0.6) is 0 Å². The highest BCUT2D eigenvalue weighted by Crippen LogP contribution is 2.37. The van der Waals surface area contributed by atoms with Crippen LogP contribution in [0.25, 0.3) is 33.0 Å². The molecule has 0 atom stereocenters. The van der Waals surface area contributed by atoms with Crippen molar-refractivity contribution in [3.8, 4) is 34.1 Å². The fraction of sp³-hybridized carbons (Fsp3) is 0.368. The third-order valence-corrected chi connectivity index (χ3v) is 9.06. The van der Waals surface area contributed by atoms with Gasteiger partial charge in [0.15, 0.2) is 0 Å². The summed E-state index contributed by atoms with van der Waals surface area (Å²) >= 11 is 0. The summed E-state index contributed by atoms with van der Waals surface area (Å²) in [7, 11) is 0. The second-order valence-corrected chi connectivity index (χ2v) is 12.3. The number of aryl methyl sites for hydroxylation is 1. The molecule has 0 aliphatic heterocycles. The van der Waals surface area contributed by atoms with Crippen LogP contribution in [0.2, 0.25) is 0 Å². The van der Waals surface area contributed by atoms with Crippen molar-refractivity contribution >= 4 is 10.8 Å². The van der Waals surface area contributed by atoms with Crippen molar-refractivity contribution in [3.63, 3.8) is 0 Å². The molecule has 1 saturated carbocycles. The summed E-state index contributed by atoms with van der Waals surface area (Å²) in [5.74, 6) is -1.56. The van der Waals surface area contributed by atoms with Crippen molar-refractivity contribution in [1.82, 2.24) is 0 Å². The molecule has 0 aromatic heterocycles. The van der Waals surface area contributed by atoms with Gasteiger partial charge in [-0.2, -0.15) is 13.2 Å². The monoisotopic (exact) mass is 642 g/mol. The minimum atomic E-state index is -4.95. The molecule has 0 bridgehead atoms. The van der Waals surface area contributed by atoms with Crippen LogP contribution in [0, 0.1) is 52.8 Å². The van der Waals surface area contributed by atoms with Crippen molar-refractivity contribution in [2.24, 2.45) is 11.8 Å². The van der Waals surface area contributed by atoms with Crippen molar-refractivity contribution in [1.29, 1.82) is 0 Å².